The van der Waals surface area contributed by atoms with Crippen LogP contribution in [0.4, 0.5) is 5.69 Å². The van der Waals surface area contributed by atoms with Crippen molar-refractivity contribution >= 4 is 39.6 Å². The lowest BCUT2D eigenvalue weighted by atomic mass is 10.0. The van der Waals surface area contributed by atoms with E-state index in [4.69, 9.17) is 18.0 Å². The zero-order valence-electron chi connectivity index (χ0n) is 11.6. The normalized spacial score (nSPS) is 15.6. The number of carbonyl (C=O) groups excluding carboxylic acids is 1. The van der Waals surface area contributed by atoms with E-state index in [9.17, 15) is 4.79 Å². The number of nitrogens with zero attached hydrogens (tertiary/aromatic N) is 1. The lowest BCUT2D eigenvalue weighted by molar-refractivity contribution is -0.120. The van der Waals surface area contributed by atoms with Crippen LogP contribution >= 0.6 is 12.2 Å². The van der Waals surface area contributed by atoms with E-state index in [1.807, 2.05) is 30.3 Å². The first-order valence-electron chi connectivity index (χ1n) is 7.00. The van der Waals surface area contributed by atoms with Crippen LogP contribution in [0.25, 0.3) is 10.8 Å². The molecule has 1 heterocycles. The fraction of sp³-hybridized carbons (Fsp3) is 0.250. The molecule has 0 radical (unpaired) electrons. The van der Waals surface area contributed by atoms with Crippen molar-refractivity contribution < 1.29 is 4.79 Å². The van der Waals surface area contributed by atoms with Gasteiger partial charge in [0.2, 0.25) is 5.91 Å². The average Bonchev–Trinajstić information content (AvgIpc) is 2.70. The van der Waals surface area contributed by atoms with Crippen molar-refractivity contribution in [1.29, 1.82) is 0 Å². The van der Waals surface area contributed by atoms with Gasteiger partial charge in [-0.05, 0) is 17.5 Å². The van der Waals surface area contributed by atoms with Gasteiger partial charge in [-0.2, -0.15) is 0 Å². The smallest absolute Gasteiger partial charge is 0.221 e. The van der Waals surface area contributed by atoms with E-state index in [0.717, 1.165) is 35.1 Å². The van der Waals surface area contributed by atoms with Crippen LogP contribution in [0.15, 0.2) is 36.4 Å². The first-order valence-corrected chi connectivity index (χ1v) is 7.41. The van der Waals surface area contributed by atoms with E-state index < -0.39 is 0 Å². The van der Waals surface area contributed by atoms with Crippen molar-refractivity contribution in [2.24, 2.45) is 5.73 Å². The van der Waals surface area contributed by atoms with Gasteiger partial charge in [0.25, 0.3) is 0 Å². The van der Waals surface area contributed by atoms with Gasteiger partial charge in [0.1, 0.15) is 4.99 Å². The molecule has 0 aromatic heterocycles. The number of fused-ring (bicyclic) bond motifs is 1. The van der Waals surface area contributed by atoms with E-state index in [1.165, 1.54) is 0 Å². The van der Waals surface area contributed by atoms with Gasteiger partial charge in [-0.1, -0.05) is 36.5 Å². The summed E-state index contributed by atoms with van der Waals surface area (Å²) in [6, 6.07) is 12.1. The highest BCUT2D eigenvalue weighted by atomic mass is 32.1. The highest BCUT2D eigenvalue weighted by molar-refractivity contribution is 7.80. The molecule has 0 bridgehead atoms. The molecule has 1 aliphatic heterocycles. The maximum Gasteiger partial charge on any atom is 0.221 e. The number of nitrogens with two attached hydrogens (primary N) is 1. The van der Waals surface area contributed by atoms with Gasteiger partial charge in [0, 0.05) is 42.7 Å². The molecule has 0 spiro atoms. The predicted molar refractivity (Wildman–Crippen MR) is 89.7 cm³/mol. The van der Waals surface area contributed by atoms with E-state index >= 15 is 0 Å². The van der Waals surface area contributed by atoms with Crippen molar-refractivity contribution in [3.63, 3.8) is 0 Å². The summed E-state index contributed by atoms with van der Waals surface area (Å²) in [6.45, 7) is 2.20. The minimum atomic E-state index is 0.113. The Kier molecular flexibility index (Phi) is 3.75. The first-order chi connectivity index (χ1) is 10.2. The molecule has 0 aliphatic carbocycles. The number of benzene rings is 2. The van der Waals surface area contributed by atoms with Crippen molar-refractivity contribution in [2.45, 2.75) is 6.42 Å². The van der Waals surface area contributed by atoms with Crippen LogP contribution in [0.2, 0.25) is 0 Å². The van der Waals surface area contributed by atoms with Gasteiger partial charge in [0.05, 0.1) is 0 Å². The summed E-state index contributed by atoms with van der Waals surface area (Å²) in [6.07, 6.45) is 0.519. The molecule has 2 aromatic rings. The van der Waals surface area contributed by atoms with E-state index in [1.54, 1.807) is 0 Å². The van der Waals surface area contributed by atoms with Gasteiger partial charge < -0.3 is 16.0 Å². The number of carbonyl (C=O) groups is 1. The number of rotatable bonds is 2. The van der Waals surface area contributed by atoms with Crippen LogP contribution in [0.1, 0.15) is 12.0 Å². The number of amides is 1. The second-order valence-electron chi connectivity index (χ2n) is 5.13. The first kappa shape index (κ1) is 13.8. The minimum Gasteiger partial charge on any atom is -0.389 e. The molecule has 5 heteroatoms. The van der Waals surface area contributed by atoms with Crippen molar-refractivity contribution in [1.82, 2.24) is 5.32 Å². The Bertz CT molecular complexity index is 714. The predicted octanol–water partition coefficient (Wildman–Crippen LogP) is 1.80. The van der Waals surface area contributed by atoms with Gasteiger partial charge in [-0.25, -0.2) is 0 Å². The Morgan fingerprint density at radius 2 is 1.90 bits per heavy atom. The molecule has 0 atom stereocenters. The number of thiocarbonyl (C=S) groups is 1. The second-order valence-corrected chi connectivity index (χ2v) is 5.57. The number of nitrogens with one attached hydrogen (secondary N) is 1. The summed E-state index contributed by atoms with van der Waals surface area (Å²) in [5.41, 5.74) is 7.84. The third-order valence-electron chi connectivity index (χ3n) is 3.82. The third kappa shape index (κ3) is 2.69. The van der Waals surface area contributed by atoms with E-state index in [0.29, 0.717) is 18.0 Å². The standard InChI is InChI=1S/C16H17N3OS/c17-16(21)13-5-6-14(12-4-2-1-3-11(12)13)19-9-7-15(20)18-8-10-19/h1-6H,7-10H2,(H2,17,21)(H,18,20). The molecule has 1 amide bonds. The van der Waals surface area contributed by atoms with Gasteiger partial charge >= 0.3 is 0 Å². The molecule has 0 saturated carbocycles. The average molecular weight is 299 g/mol. The topological polar surface area (TPSA) is 58.4 Å². The summed E-state index contributed by atoms with van der Waals surface area (Å²) in [5.74, 6) is 0.113. The molecule has 3 rings (SSSR count). The molecular formula is C16H17N3OS. The van der Waals surface area contributed by atoms with E-state index in [2.05, 4.69) is 16.3 Å². The fourth-order valence-corrected chi connectivity index (χ4v) is 2.96. The zero-order chi connectivity index (χ0) is 14.8. The molecule has 4 nitrogen and oxygen atoms in total. The quantitative estimate of drug-likeness (QED) is 0.830. The molecule has 1 saturated heterocycles. The molecule has 3 N–H and O–H groups in total. The molecule has 2 aromatic carbocycles. The summed E-state index contributed by atoms with van der Waals surface area (Å²) in [5, 5.41) is 5.08. The van der Waals surface area contributed by atoms with Crippen LogP contribution in [0.5, 0.6) is 0 Å². The summed E-state index contributed by atoms with van der Waals surface area (Å²) in [7, 11) is 0. The molecule has 1 fully saturated rings. The lowest BCUT2D eigenvalue weighted by Crippen LogP contribution is -2.28. The summed E-state index contributed by atoms with van der Waals surface area (Å²) < 4.78 is 0. The third-order valence-corrected chi connectivity index (χ3v) is 4.04. The maximum atomic E-state index is 11.5. The highest BCUT2D eigenvalue weighted by Gasteiger charge is 2.17. The molecular weight excluding hydrogens is 282 g/mol. The monoisotopic (exact) mass is 299 g/mol. The Labute approximate surface area is 128 Å². The van der Waals surface area contributed by atoms with Crippen molar-refractivity contribution in [3.05, 3.63) is 42.0 Å². The molecule has 108 valence electrons. The molecule has 0 unspecified atom stereocenters. The van der Waals surface area contributed by atoms with Gasteiger partial charge in [0.15, 0.2) is 0 Å². The second kappa shape index (κ2) is 5.69. The van der Waals surface area contributed by atoms with Crippen molar-refractivity contribution in [3.8, 4) is 0 Å². The van der Waals surface area contributed by atoms with Gasteiger partial charge in [-0.15, -0.1) is 0 Å². The Hall–Kier alpha value is -2.14. The molecule has 21 heavy (non-hydrogen) atoms. The Morgan fingerprint density at radius 1 is 1.14 bits per heavy atom. The summed E-state index contributed by atoms with van der Waals surface area (Å²) >= 11 is 5.14. The van der Waals surface area contributed by atoms with Crippen LogP contribution in [-0.2, 0) is 4.79 Å². The Balaban J connectivity index is 2.09. The van der Waals surface area contributed by atoms with Crippen LogP contribution in [0, 0.1) is 0 Å². The molecule has 1 aliphatic rings. The number of anilines is 1. The largest absolute Gasteiger partial charge is 0.389 e. The maximum absolute atomic E-state index is 11.5. The van der Waals surface area contributed by atoms with Crippen molar-refractivity contribution in [2.75, 3.05) is 24.5 Å². The van der Waals surface area contributed by atoms with Crippen LogP contribution in [-0.4, -0.2) is 30.5 Å². The fourth-order valence-electron chi connectivity index (χ4n) is 2.78. The zero-order valence-corrected chi connectivity index (χ0v) is 12.5. The van der Waals surface area contributed by atoms with E-state index in [-0.39, 0.29) is 5.91 Å². The van der Waals surface area contributed by atoms with Gasteiger partial charge in [-0.3, -0.25) is 4.79 Å². The SMILES string of the molecule is NC(=S)c1ccc(N2CCNC(=O)CC2)c2ccccc12. The lowest BCUT2D eigenvalue weighted by Gasteiger charge is -2.24. The number of hydrogen-bond acceptors (Lipinski definition) is 3. The van der Waals surface area contributed by atoms with Crippen LogP contribution in [0.3, 0.4) is 0 Å². The highest BCUT2D eigenvalue weighted by Crippen LogP contribution is 2.30. The van der Waals surface area contributed by atoms with Crippen LogP contribution < -0.4 is 16.0 Å². The number of hydrogen-bond donors (Lipinski definition) is 2. The minimum absolute atomic E-state index is 0.113. The summed E-state index contributed by atoms with van der Waals surface area (Å²) in [4.78, 5) is 14.1. The Morgan fingerprint density at radius 3 is 2.67 bits per heavy atom.